The third-order valence-corrected chi connectivity index (χ3v) is 4.89. The van der Waals surface area contributed by atoms with Gasteiger partial charge in [0.1, 0.15) is 5.71 Å². The molecule has 2 aliphatic heterocycles. The van der Waals surface area contributed by atoms with Crippen molar-refractivity contribution in [2.45, 2.75) is 31.1 Å². The van der Waals surface area contributed by atoms with Gasteiger partial charge in [-0.25, -0.2) is 5.01 Å². The molecule has 1 aromatic carbocycles. The van der Waals surface area contributed by atoms with E-state index in [4.69, 9.17) is 4.74 Å². The maximum absolute atomic E-state index is 12.5. The summed E-state index contributed by atoms with van der Waals surface area (Å²) in [4.78, 5) is 23.9. The van der Waals surface area contributed by atoms with Gasteiger partial charge < -0.3 is 10.1 Å². The minimum absolute atomic E-state index is 0.0586. The monoisotopic (exact) mass is 329 g/mol. The van der Waals surface area contributed by atoms with Gasteiger partial charge in [-0.1, -0.05) is 30.3 Å². The van der Waals surface area contributed by atoms with Crippen LogP contribution in [0.15, 0.2) is 35.4 Å². The van der Waals surface area contributed by atoms with E-state index in [1.165, 1.54) is 10.6 Å². The van der Waals surface area contributed by atoms with Crippen molar-refractivity contribution in [3.63, 3.8) is 0 Å². The van der Waals surface area contributed by atoms with Crippen LogP contribution in [0.5, 0.6) is 0 Å². The molecule has 6 heteroatoms. The summed E-state index contributed by atoms with van der Waals surface area (Å²) in [5.74, 6) is -0.243. The first-order chi connectivity index (χ1) is 11.6. The molecule has 1 N–H and O–H groups in total. The maximum atomic E-state index is 12.5. The van der Waals surface area contributed by atoms with Gasteiger partial charge in [-0.3, -0.25) is 9.59 Å². The largest absolute Gasteiger partial charge is 0.381 e. The van der Waals surface area contributed by atoms with Gasteiger partial charge in [-0.2, -0.15) is 5.10 Å². The maximum Gasteiger partial charge on any atom is 0.267 e. The van der Waals surface area contributed by atoms with Crippen LogP contribution in [0.2, 0.25) is 0 Å². The summed E-state index contributed by atoms with van der Waals surface area (Å²) in [6.45, 7) is 1.95. The van der Waals surface area contributed by atoms with Crippen molar-refractivity contribution in [3.05, 3.63) is 35.9 Å². The molecular weight excluding hydrogens is 306 g/mol. The van der Waals surface area contributed by atoms with Crippen LogP contribution in [0.3, 0.4) is 0 Å². The minimum atomic E-state index is -0.184. The van der Waals surface area contributed by atoms with E-state index in [-0.39, 0.29) is 17.2 Å². The Hall–Kier alpha value is -2.21. The molecule has 0 radical (unpaired) electrons. The molecule has 0 saturated carbocycles. The Balaban J connectivity index is 1.71. The number of carbonyl (C=O) groups is 2. The lowest BCUT2D eigenvalue weighted by Crippen LogP contribution is -2.47. The van der Waals surface area contributed by atoms with Gasteiger partial charge in [-0.05, 0) is 18.4 Å². The molecule has 0 bridgehead atoms. The van der Waals surface area contributed by atoms with Crippen molar-refractivity contribution in [1.82, 2.24) is 10.3 Å². The van der Waals surface area contributed by atoms with E-state index in [2.05, 4.69) is 22.6 Å². The van der Waals surface area contributed by atoms with Crippen molar-refractivity contribution >= 4 is 17.5 Å². The minimum Gasteiger partial charge on any atom is -0.381 e. The lowest BCUT2D eigenvalue weighted by molar-refractivity contribution is -0.130. The number of rotatable bonds is 4. The number of nitrogens with one attached hydrogen (secondary N) is 1. The molecule has 0 aromatic heterocycles. The summed E-state index contributed by atoms with van der Waals surface area (Å²) in [6, 6.07) is 10.3. The van der Waals surface area contributed by atoms with Gasteiger partial charge in [-0.15, -0.1) is 0 Å². The van der Waals surface area contributed by atoms with Gasteiger partial charge in [0, 0.05) is 45.1 Å². The summed E-state index contributed by atoms with van der Waals surface area (Å²) in [5.41, 5.74) is 1.55. The second kappa shape index (κ2) is 7.13. The Morgan fingerprint density at radius 3 is 2.62 bits per heavy atom. The van der Waals surface area contributed by atoms with E-state index >= 15 is 0 Å². The van der Waals surface area contributed by atoms with Gasteiger partial charge in [0.15, 0.2) is 0 Å². The lowest BCUT2D eigenvalue weighted by atomic mass is 9.74. The zero-order valence-corrected chi connectivity index (χ0v) is 14.0. The SMILES string of the molecule is CN1N=C(C(=O)NCC2(c3ccccc3)CCOCC2)CCC1=O. The van der Waals surface area contributed by atoms with Gasteiger partial charge in [0.2, 0.25) is 5.91 Å². The third kappa shape index (κ3) is 3.48. The average Bonchev–Trinajstić information content (AvgIpc) is 2.63. The molecule has 1 fully saturated rings. The van der Waals surface area contributed by atoms with E-state index in [0.717, 1.165) is 12.8 Å². The summed E-state index contributed by atoms with van der Waals surface area (Å²) < 4.78 is 5.51. The Kier molecular flexibility index (Phi) is 4.94. The topological polar surface area (TPSA) is 71.0 Å². The van der Waals surface area contributed by atoms with Crippen molar-refractivity contribution in [3.8, 4) is 0 Å². The van der Waals surface area contributed by atoms with Crippen LogP contribution in [0.1, 0.15) is 31.2 Å². The van der Waals surface area contributed by atoms with Crippen molar-refractivity contribution in [1.29, 1.82) is 0 Å². The summed E-state index contributed by atoms with van der Waals surface area (Å²) >= 11 is 0. The molecular formula is C18H23N3O3. The quantitative estimate of drug-likeness (QED) is 0.909. The average molecular weight is 329 g/mol. The Morgan fingerprint density at radius 1 is 1.25 bits per heavy atom. The van der Waals surface area contributed by atoms with Crippen LogP contribution in [0, 0.1) is 0 Å². The molecule has 1 saturated heterocycles. The van der Waals surface area contributed by atoms with E-state index in [0.29, 0.717) is 38.3 Å². The fourth-order valence-electron chi connectivity index (χ4n) is 3.31. The predicted octanol–water partition coefficient (Wildman–Crippen LogP) is 1.46. The first-order valence-corrected chi connectivity index (χ1v) is 8.36. The second-order valence-electron chi connectivity index (χ2n) is 6.41. The normalized spacial score (nSPS) is 20.5. The second-order valence-corrected chi connectivity index (χ2v) is 6.41. The van der Waals surface area contributed by atoms with E-state index < -0.39 is 0 Å². The molecule has 128 valence electrons. The van der Waals surface area contributed by atoms with Gasteiger partial charge in [0.05, 0.1) is 0 Å². The smallest absolute Gasteiger partial charge is 0.267 e. The first-order valence-electron chi connectivity index (χ1n) is 8.36. The molecule has 3 rings (SSSR count). The van der Waals surface area contributed by atoms with E-state index in [9.17, 15) is 9.59 Å². The molecule has 0 aliphatic carbocycles. The fourth-order valence-corrected chi connectivity index (χ4v) is 3.31. The van der Waals surface area contributed by atoms with Crippen LogP contribution < -0.4 is 5.32 Å². The number of hydrogen-bond donors (Lipinski definition) is 1. The van der Waals surface area contributed by atoms with Gasteiger partial charge in [0.25, 0.3) is 5.91 Å². The summed E-state index contributed by atoms with van der Waals surface area (Å²) in [7, 11) is 1.58. The number of carbonyl (C=O) groups excluding carboxylic acids is 2. The Bertz CT molecular complexity index is 636. The molecule has 24 heavy (non-hydrogen) atoms. The molecule has 1 aromatic rings. The van der Waals surface area contributed by atoms with E-state index in [1.54, 1.807) is 7.05 Å². The van der Waals surface area contributed by atoms with Crippen LogP contribution >= 0.6 is 0 Å². The van der Waals surface area contributed by atoms with Crippen LogP contribution in [-0.4, -0.2) is 49.3 Å². The fraction of sp³-hybridized carbons (Fsp3) is 0.500. The Morgan fingerprint density at radius 2 is 1.96 bits per heavy atom. The highest BCUT2D eigenvalue weighted by atomic mass is 16.5. The highest BCUT2D eigenvalue weighted by Crippen LogP contribution is 2.34. The first kappa shape index (κ1) is 16.6. The zero-order chi connectivity index (χ0) is 17.0. The number of benzene rings is 1. The molecule has 6 nitrogen and oxygen atoms in total. The Labute approximate surface area is 141 Å². The van der Waals surface area contributed by atoms with Crippen molar-refractivity contribution < 1.29 is 14.3 Å². The molecule has 2 heterocycles. The lowest BCUT2D eigenvalue weighted by Gasteiger charge is -2.38. The van der Waals surface area contributed by atoms with Crippen LogP contribution in [0.25, 0.3) is 0 Å². The highest BCUT2D eigenvalue weighted by molar-refractivity contribution is 6.39. The summed E-state index contributed by atoms with van der Waals surface area (Å²) in [6.07, 6.45) is 2.49. The molecule has 2 amide bonds. The van der Waals surface area contributed by atoms with Crippen molar-refractivity contribution in [2.75, 3.05) is 26.8 Å². The number of ether oxygens (including phenoxy) is 1. The zero-order valence-electron chi connectivity index (χ0n) is 14.0. The third-order valence-electron chi connectivity index (χ3n) is 4.89. The van der Waals surface area contributed by atoms with Crippen LogP contribution in [0.4, 0.5) is 0 Å². The number of hydrogen-bond acceptors (Lipinski definition) is 4. The molecule has 2 aliphatic rings. The molecule has 0 unspecified atom stereocenters. The van der Waals surface area contributed by atoms with E-state index in [1.807, 2.05) is 18.2 Å². The highest BCUT2D eigenvalue weighted by Gasteiger charge is 2.35. The summed E-state index contributed by atoms with van der Waals surface area (Å²) in [5, 5.41) is 8.37. The molecule has 0 spiro atoms. The number of amides is 2. The van der Waals surface area contributed by atoms with Crippen molar-refractivity contribution in [2.24, 2.45) is 5.10 Å². The van der Waals surface area contributed by atoms with Crippen LogP contribution in [-0.2, 0) is 19.7 Å². The predicted molar refractivity (Wildman–Crippen MR) is 90.6 cm³/mol. The molecule has 0 atom stereocenters. The number of nitrogens with zero attached hydrogens (tertiary/aromatic N) is 2. The standard InChI is InChI=1S/C18H23N3O3/c1-21-16(22)8-7-15(20-21)17(23)19-13-18(9-11-24-12-10-18)14-5-3-2-4-6-14/h2-6H,7-13H2,1H3,(H,19,23). The number of hydrazone groups is 1. The van der Waals surface area contributed by atoms with Gasteiger partial charge >= 0.3 is 0 Å².